The van der Waals surface area contributed by atoms with Crippen LogP contribution in [0.2, 0.25) is 0 Å². The standard InChI is InChI=1S/C11H5IN2O8/c15-11(16)6-4-5-2-1-3-7(13(19)20)8(5)10(14(21)22)9(6)12(17)18/h1-4H,(H,15,16). The zero-order valence-electron chi connectivity index (χ0n) is 10.4. The maximum atomic E-state index is 11.4. The molecular weight excluding hydrogens is 415 g/mol. The van der Waals surface area contributed by atoms with Crippen molar-refractivity contribution in [1.82, 2.24) is 0 Å². The van der Waals surface area contributed by atoms with Gasteiger partial charge in [0.2, 0.25) is 0 Å². The number of carbonyl (C=O) groups is 1. The fraction of sp³-hybridized carbons (Fsp3) is 0. The highest BCUT2D eigenvalue weighted by molar-refractivity contribution is 14.2. The molecule has 22 heavy (non-hydrogen) atoms. The molecule has 0 aliphatic heterocycles. The SMILES string of the molecule is O=C(O)c1cc2cccc([N+](=O)[O-])c2c([N+](=O)[O-])c1I(=O)=O. The van der Waals surface area contributed by atoms with E-state index in [9.17, 15) is 31.2 Å². The molecule has 0 amide bonds. The smallest absolute Gasteiger partial charge is 0.348 e. The van der Waals surface area contributed by atoms with Crippen molar-refractivity contribution in [1.29, 1.82) is 0 Å². The fourth-order valence-corrected chi connectivity index (χ4v) is 3.77. The summed E-state index contributed by atoms with van der Waals surface area (Å²) in [5, 5.41) is 30.7. The van der Waals surface area contributed by atoms with E-state index in [1.807, 2.05) is 0 Å². The van der Waals surface area contributed by atoms with Crippen molar-refractivity contribution in [2.75, 3.05) is 0 Å². The number of aromatic carboxylic acids is 1. The van der Waals surface area contributed by atoms with E-state index in [0.29, 0.717) is 0 Å². The van der Waals surface area contributed by atoms with Crippen LogP contribution in [0.1, 0.15) is 10.4 Å². The van der Waals surface area contributed by atoms with Crippen molar-refractivity contribution < 1.29 is 25.9 Å². The van der Waals surface area contributed by atoms with E-state index in [2.05, 4.69) is 0 Å². The largest absolute Gasteiger partial charge is 0.478 e. The molecule has 0 spiro atoms. The van der Waals surface area contributed by atoms with E-state index in [0.717, 1.165) is 12.1 Å². The lowest BCUT2D eigenvalue weighted by Gasteiger charge is -2.05. The Balaban J connectivity index is 3.20. The zero-order valence-corrected chi connectivity index (χ0v) is 12.5. The number of nitrogens with zero attached hydrogens (tertiary/aromatic N) is 2. The Kier molecular flexibility index (Phi) is 3.99. The molecule has 2 aromatic rings. The van der Waals surface area contributed by atoms with E-state index in [4.69, 9.17) is 5.11 Å². The van der Waals surface area contributed by atoms with Gasteiger partial charge in [-0.05, 0) is 11.5 Å². The maximum Gasteiger partial charge on any atom is 0.348 e. The molecule has 2 rings (SSSR count). The van der Waals surface area contributed by atoms with E-state index >= 15 is 0 Å². The number of halogens is 1. The number of non-ortho nitro benzene ring substituents is 1. The molecule has 0 aromatic heterocycles. The molecule has 0 radical (unpaired) electrons. The lowest BCUT2D eigenvalue weighted by Crippen LogP contribution is -2.06. The Morgan fingerprint density at radius 1 is 1.14 bits per heavy atom. The molecule has 0 aliphatic carbocycles. The van der Waals surface area contributed by atoms with Gasteiger partial charge in [0.1, 0.15) is 5.39 Å². The number of hydrogen-bond acceptors (Lipinski definition) is 7. The van der Waals surface area contributed by atoms with E-state index in [1.165, 1.54) is 12.1 Å². The van der Waals surface area contributed by atoms with Crippen molar-refractivity contribution in [2.24, 2.45) is 0 Å². The Morgan fingerprint density at radius 2 is 1.77 bits per heavy atom. The quantitative estimate of drug-likeness (QED) is 0.449. The summed E-state index contributed by atoms with van der Waals surface area (Å²) in [6.07, 6.45) is 0. The predicted molar refractivity (Wildman–Crippen MR) is 78.3 cm³/mol. The zero-order chi connectivity index (χ0) is 16.6. The van der Waals surface area contributed by atoms with E-state index < -0.39 is 61.5 Å². The van der Waals surface area contributed by atoms with Crippen molar-refractivity contribution in [3.05, 3.63) is 53.6 Å². The Morgan fingerprint density at radius 3 is 2.23 bits per heavy atom. The van der Waals surface area contributed by atoms with Crippen LogP contribution in [-0.4, -0.2) is 20.9 Å². The number of carboxylic acids is 1. The van der Waals surface area contributed by atoms with Crippen molar-refractivity contribution >= 4 is 47.9 Å². The topological polar surface area (TPSA) is 158 Å². The highest BCUT2D eigenvalue weighted by Crippen LogP contribution is 2.41. The molecule has 0 fully saturated rings. The first-order valence-corrected chi connectivity index (χ1v) is 8.26. The minimum atomic E-state index is -4.61. The Bertz CT molecular complexity index is 910. The average molecular weight is 420 g/mol. The second kappa shape index (κ2) is 5.59. The van der Waals surface area contributed by atoms with Gasteiger partial charge in [-0.3, -0.25) is 20.2 Å². The molecule has 0 saturated heterocycles. The van der Waals surface area contributed by atoms with Crippen molar-refractivity contribution in [2.45, 2.75) is 0 Å². The van der Waals surface area contributed by atoms with Gasteiger partial charge < -0.3 is 5.11 Å². The van der Waals surface area contributed by atoms with Gasteiger partial charge in [0.15, 0.2) is 3.57 Å². The monoisotopic (exact) mass is 420 g/mol. The number of fused-ring (bicyclic) bond motifs is 1. The lowest BCUT2D eigenvalue weighted by atomic mass is 10.0. The van der Waals surface area contributed by atoms with Crippen LogP contribution in [0.15, 0.2) is 24.3 Å². The number of carboxylic acid groups (broad SMARTS) is 1. The number of nitro groups is 2. The summed E-state index contributed by atoms with van der Waals surface area (Å²) >= 11 is -4.61. The summed E-state index contributed by atoms with van der Waals surface area (Å²) in [7, 11) is 0. The third kappa shape index (κ3) is 2.45. The molecule has 10 nitrogen and oxygen atoms in total. The summed E-state index contributed by atoms with van der Waals surface area (Å²) < 4.78 is 21.8. The number of nitro benzene ring substituents is 2. The van der Waals surface area contributed by atoms with Gasteiger partial charge in [0.25, 0.3) is 5.69 Å². The molecule has 0 atom stereocenters. The Hall–Kier alpha value is -2.70. The minimum Gasteiger partial charge on any atom is -0.478 e. The van der Waals surface area contributed by atoms with Crippen LogP contribution in [0.25, 0.3) is 10.8 Å². The molecule has 0 heterocycles. The number of rotatable bonds is 4. The molecule has 1 N–H and O–H groups in total. The van der Waals surface area contributed by atoms with Crippen LogP contribution in [0, 0.1) is 23.8 Å². The highest BCUT2D eigenvalue weighted by Gasteiger charge is 2.33. The second-order valence-electron chi connectivity index (χ2n) is 4.00. The summed E-state index contributed by atoms with van der Waals surface area (Å²) in [4.78, 5) is 31.4. The molecule has 0 aliphatic rings. The van der Waals surface area contributed by atoms with E-state index in [1.54, 1.807) is 0 Å². The highest BCUT2D eigenvalue weighted by atomic mass is 127. The van der Waals surface area contributed by atoms with Gasteiger partial charge >= 0.3 is 31.4 Å². The summed E-state index contributed by atoms with van der Waals surface area (Å²) in [6.45, 7) is 0. The summed E-state index contributed by atoms with van der Waals surface area (Å²) in [5.74, 6) is -1.67. The van der Waals surface area contributed by atoms with Gasteiger partial charge in [0, 0.05) is 6.07 Å². The first-order chi connectivity index (χ1) is 10.3. The maximum absolute atomic E-state index is 11.4. The number of hydrogen-bond donors (Lipinski definition) is 1. The lowest BCUT2D eigenvalue weighted by molar-refractivity contribution is -0.390. The van der Waals surface area contributed by atoms with Gasteiger partial charge in [-0.2, -0.15) is 0 Å². The second-order valence-corrected chi connectivity index (χ2v) is 6.32. The molecule has 0 unspecified atom stereocenters. The fourth-order valence-electron chi connectivity index (χ4n) is 2.03. The van der Waals surface area contributed by atoms with E-state index in [-0.39, 0.29) is 5.39 Å². The van der Waals surface area contributed by atoms with Gasteiger partial charge in [0.05, 0.1) is 15.4 Å². The molecular formula is C11H5IN2O8. The first-order valence-electron chi connectivity index (χ1n) is 5.42. The molecule has 0 bridgehead atoms. The molecule has 114 valence electrons. The van der Waals surface area contributed by atoms with Gasteiger partial charge in [-0.1, -0.05) is 12.1 Å². The summed E-state index contributed by atoms with van der Waals surface area (Å²) in [6, 6.07) is 4.32. The summed E-state index contributed by atoms with van der Waals surface area (Å²) in [5.41, 5.74) is -2.51. The third-order valence-corrected chi connectivity index (χ3v) is 4.79. The molecule has 2 aromatic carbocycles. The third-order valence-electron chi connectivity index (χ3n) is 2.82. The average Bonchev–Trinajstić information content (AvgIpc) is 2.43. The van der Waals surface area contributed by atoms with Crippen LogP contribution in [-0.2, 0) is 6.14 Å². The van der Waals surface area contributed by atoms with Crippen LogP contribution in [0.5, 0.6) is 0 Å². The van der Waals surface area contributed by atoms with Crippen LogP contribution >= 0.6 is 19.8 Å². The van der Waals surface area contributed by atoms with Crippen molar-refractivity contribution in [3.63, 3.8) is 0 Å². The van der Waals surface area contributed by atoms with Crippen molar-refractivity contribution in [3.8, 4) is 0 Å². The van der Waals surface area contributed by atoms with Gasteiger partial charge in [-0.15, -0.1) is 0 Å². The number of benzene rings is 2. The van der Waals surface area contributed by atoms with Crippen LogP contribution in [0.4, 0.5) is 11.4 Å². The molecule has 0 saturated carbocycles. The van der Waals surface area contributed by atoms with Crippen LogP contribution in [0.3, 0.4) is 0 Å². The normalized spacial score (nSPS) is 10.8. The van der Waals surface area contributed by atoms with Crippen LogP contribution < -0.4 is 0 Å². The predicted octanol–water partition coefficient (Wildman–Crippen LogP) is 2.72. The van der Waals surface area contributed by atoms with Gasteiger partial charge in [-0.25, -0.2) is 10.9 Å². The first kappa shape index (κ1) is 15.7. The molecule has 11 heteroatoms. The minimum absolute atomic E-state index is 0.0974. The Labute approximate surface area is 127 Å².